The molecule has 49 heavy (non-hydrogen) atoms. The van der Waals surface area contributed by atoms with Gasteiger partial charge in [-0.25, -0.2) is 4.79 Å². The van der Waals surface area contributed by atoms with Crippen LogP contribution < -0.4 is 9.64 Å². The van der Waals surface area contributed by atoms with Crippen LogP contribution in [0.25, 0.3) is 22.0 Å². The Bertz CT molecular complexity index is 2100. The lowest BCUT2D eigenvalue weighted by Crippen LogP contribution is -2.25. The molecule has 12 heteroatoms. The lowest BCUT2D eigenvalue weighted by Gasteiger charge is -2.30. The predicted octanol–water partition coefficient (Wildman–Crippen LogP) is 7.59. The minimum absolute atomic E-state index is 0.350. The summed E-state index contributed by atoms with van der Waals surface area (Å²) in [5, 5.41) is 11.7. The summed E-state index contributed by atoms with van der Waals surface area (Å²) in [6.45, 7) is 2.43. The quantitative estimate of drug-likeness (QED) is 0.164. The Kier molecular flexibility index (Phi) is 8.86. The molecule has 0 aliphatic carbocycles. The number of esters is 1. The maximum atomic E-state index is 13.4. The summed E-state index contributed by atoms with van der Waals surface area (Å²) in [7, 11) is 7.60. The first-order valence-electron chi connectivity index (χ1n) is 17.0. The summed E-state index contributed by atoms with van der Waals surface area (Å²) < 4.78 is 18.1. The zero-order valence-corrected chi connectivity index (χ0v) is 30.9. The number of nitrogens with zero attached hydrogens (tertiary/aromatic N) is 6. The molecule has 0 N–H and O–H groups in total. The number of carbonyl (C=O) groups is 1. The van der Waals surface area contributed by atoms with Crippen molar-refractivity contribution in [1.82, 2.24) is 24.1 Å². The van der Waals surface area contributed by atoms with Gasteiger partial charge in [0.05, 0.1) is 41.3 Å². The lowest BCUT2D eigenvalue weighted by molar-refractivity contribution is 0.0589. The van der Waals surface area contributed by atoms with Gasteiger partial charge in [-0.3, -0.25) is 9.36 Å². The molecule has 0 atom stereocenters. The minimum atomic E-state index is -0.350. The first-order chi connectivity index (χ1) is 23.8. The highest BCUT2D eigenvalue weighted by molar-refractivity contribution is 7.98. The lowest BCUT2D eigenvalue weighted by atomic mass is 9.97. The van der Waals surface area contributed by atoms with E-state index < -0.39 is 0 Å². The van der Waals surface area contributed by atoms with Crippen molar-refractivity contribution in [3.05, 3.63) is 75.0 Å². The molecule has 0 radical (unpaired) electrons. The van der Waals surface area contributed by atoms with E-state index in [2.05, 4.69) is 40.9 Å². The van der Waals surface area contributed by atoms with Gasteiger partial charge in [-0.2, -0.15) is 10.2 Å². The molecule has 3 aromatic heterocycles. The number of aryl methyl sites for hydroxylation is 5. The average Bonchev–Trinajstić information content (AvgIpc) is 3.84. The molecule has 0 spiro atoms. The van der Waals surface area contributed by atoms with Crippen LogP contribution in [0.2, 0.25) is 5.02 Å². The Morgan fingerprint density at radius 3 is 2.67 bits per heavy atom. The molecular formula is C37H41ClN6O3S2. The number of benzene rings is 2. The zero-order valence-electron chi connectivity index (χ0n) is 28.5. The van der Waals surface area contributed by atoms with Gasteiger partial charge in [-0.15, -0.1) is 23.5 Å². The van der Waals surface area contributed by atoms with Crippen LogP contribution in [0.3, 0.4) is 0 Å². The van der Waals surface area contributed by atoms with Crippen LogP contribution in [-0.2, 0) is 61.9 Å². The second kappa shape index (κ2) is 13.3. The maximum absolute atomic E-state index is 13.4. The predicted molar refractivity (Wildman–Crippen MR) is 198 cm³/mol. The van der Waals surface area contributed by atoms with Crippen molar-refractivity contribution in [2.75, 3.05) is 32.2 Å². The number of thioether (sulfide) groups is 2. The number of hydrogen-bond acceptors (Lipinski definition) is 8. The number of anilines is 1. The van der Waals surface area contributed by atoms with Gasteiger partial charge in [-0.1, -0.05) is 17.7 Å². The fraction of sp³-hybridized carbons (Fsp3) is 0.432. The first kappa shape index (κ1) is 32.7. The molecular weight excluding hydrogens is 676 g/mol. The monoisotopic (exact) mass is 716 g/mol. The Balaban J connectivity index is 1.26. The van der Waals surface area contributed by atoms with Crippen molar-refractivity contribution in [3.8, 4) is 16.9 Å². The van der Waals surface area contributed by atoms with E-state index in [1.807, 2.05) is 52.9 Å². The van der Waals surface area contributed by atoms with Gasteiger partial charge in [0.1, 0.15) is 11.4 Å². The zero-order chi connectivity index (χ0) is 33.8. The van der Waals surface area contributed by atoms with Gasteiger partial charge in [0.2, 0.25) is 0 Å². The number of aromatic nitrogens is 5. The van der Waals surface area contributed by atoms with Crippen molar-refractivity contribution < 1.29 is 14.3 Å². The van der Waals surface area contributed by atoms with Gasteiger partial charge in [0.15, 0.2) is 0 Å². The Morgan fingerprint density at radius 1 is 0.959 bits per heavy atom. The third kappa shape index (κ3) is 5.81. The molecule has 256 valence electrons. The second-order valence-electron chi connectivity index (χ2n) is 13.2. The molecule has 0 saturated carbocycles. The molecule has 0 amide bonds. The smallest absolute Gasteiger partial charge is 0.354 e. The number of ether oxygens (including phenoxy) is 2. The highest BCUT2D eigenvalue weighted by atomic mass is 35.5. The standard InChI is InChI=1S/C37H41ClN6O3S2/c1-41-13-5-8-22-16-25-18-31(34(22)41)47-15-7-9-26-27-11-12-28(38)32(35(27)42(2)36(26)37(45)46-4)33-29(40-44-14-6-10-30(33)44)21-48-19-23-17-24(20-49-25)43(3)39-23/h11-12,16-18H,5-10,13-15,19-21H2,1-4H3. The fourth-order valence-electron chi connectivity index (χ4n) is 7.92. The van der Waals surface area contributed by atoms with Gasteiger partial charge >= 0.3 is 5.97 Å². The van der Waals surface area contributed by atoms with E-state index in [4.69, 9.17) is 31.3 Å². The van der Waals surface area contributed by atoms with Gasteiger partial charge < -0.3 is 18.9 Å². The molecule has 8 rings (SSSR count). The number of rotatable bonds is 1. The summed E-state index contributed by atoms with van der Waals surface area (Å²) in [5.41, 5.74) is 11.5. The molecule has 3 aliphatic rings. The Labute approximate surface area is 300 Å². The minimum Gasteiger partial charge on any atom is -0.491 e. The van der Waals surface area contributed by atoms with Crippen molar-refractivity contribution >= 4 is 57.7 Å². The summed E-state index contributed by atoms with van der Waals surface area (Å²) in [5.74, 6) is 2.92. The van der Waals surface area contributed by atoms with E-state index in [-0.39, 0.29) is 5.97 Å². The van der Waals surface area contributed by atoms with E-state index in [0.29, 0.717) is 23.7 Å². The van der Waals surface area contributed by atoms with Crippen molar-refractivity contribution in [2.45, 2.75) is 67.2 Å². The van der Waals surface area contributed by atoms with Crippen LogP contribution >= 0.6 is 35.1 Å². The van der Waals surface area contributed by atoms with Crippen LogP contribution in [0.5, 0.6) is 5.75 Å². The van der Waals surface area contributed by atoms with Crippen LogP contribution in [-0.4, -0.2) is 57.4 Å². The van der Waals surface area contributed by atoms with Crippen molar-refractivity contribution in [1.29, 1.82) is 0 Å². The SMILES string of the molecule is COC(=O)c1c2c3ccc(Cl)c(c3n1C)-c1c(nn3c1CCC3)CSCc1cc(n(C)n1)CSc1cc3c(c(c1)OCCC2)N(C)CCC3. The molecule has 0 saturated heterocycles. The number of hydrogen-bond donors (Lipinski definition) is 0. The average molecular weight is 717 g/mol. The number of carbonyl (C=O) groups excluding carboxylic acids is 1. The van der Waals surface area contributed by atoms with Gasteiger partial charge in [0.25, 0.3) is 0 Å². The normalized spacial score (nSPS) is 16.6. The largest absolute Gasteiger partial charge is 0.491 e. The first-order valence-corrected chi connectivity index (χ1v) is 19.5. The van der Waals surface area contributed by atoms with Crippen molar-refractivity contribution in [2.24, 2.45) is 14.1 Å². The number of halogens is 1. The highest BCUT2D eigenvalue weighted by Crippen LogP contribution is 2.45. The molecule has 9 nitrogen and oxygen atoms in total. The highest BCUT2D eigenvalue weighted by Gasteiger charge is 2.30. The van der Waals surface area contributed by atoms with Crippen molar-refractivity contribution in [3.63, 3.8) is 0 Å². The topological polar surface area (TPSA) is 79.3 Å². The fourth-order valence-corrected chi connectivity index (χ4v) is 10.0. The summed E-state index contributed by atoms with van der Waals surface area (Å²) in [6.07, 6.45) is 5.57. The Hall–Kier alpha value is -3.54. The number of fused-ring (bicyclic) bond motifs is 10. The summed E-state index contributed by atoms with van der Waals surface area (Å²) in [6, 6.07) is 10.8. The second-order valence-corrected chi connectivity index (χ2v) is 15.7. The molecule has 5 aromatic rings. The third-order valence-corrected chi connectivity index (χ3v) is 12.4. The summed E-state index contributed by atoms with van der Waals surface area (Å²) in [4.78, 5) is 17.0. The molecule has 0 unspecified atom stereocenters. The van der Waals surface area contributed by atoms with Crippen LogP contribution in [0.15, 0.2) is 35.2 Å². The molecule has 0 fully saturated rings. The van der Waals surface area contributed by atoms with Crippen LogP contribution in [0.1, 0.15) is 63.7 Å². The molecule has 2 aromatic carbocycles. The summed E-state index contributed by atoms with van der Waals surface area (Å²) >= 11 is 10.8. The molecule has 3 aliphatic heterocycles. The number of methoxy groups -OCH3 is 1. The van der Waals surface area contributed by atoms with Gasteiger partial charge in [0, 0.05) is 84.3 Å². The van der Waals surface area contributed by atoms with E-state index >= 15 is 0 Å². The van der Waals surface area contributed by atoms with E-state index in [9.17, 15) is 4.79 Å². The van der Waals surface area contributed by atoms with Crippen LogP contribution in [0.4, 0.5) is 5.69 Å². The molecule has 6 heterocycles. The third-order valence-electron chi connectivity index (χ3n) is 10.1. The maximum Gasteiger partial charge on any atom is 0.354 e. The van der Waals surface area contributed by atoms with Crippen LogP contribution in [0, 0.1) is 0 Å². The van der Waals surface area contributed by atoms with E-state index in [0.717, 1.165) is 107 Å². The molecule has 8 bridgehead atoms. The van der Waals surface area contributed by atoms with Gasteiger partial charge in [-0.05, 0) is 73.9 Å². The van der Waals surface area contributed by atoms with E-state index in [1.54, 1.807) is 0 Å². The van der Waals surface area contributed by atoms with E-state index in [1.165, 1.54) is 34.6 Å². The Morgan fingerprint density at radius 2 is 1.82 bits per heavy atom.